The van der Waals surface area contributed by atoms with Gasteiger partial charge >= 0.3 is 5.97 Å². The predicted octanol–water partition coefficient (Wildman–Crippen LogP) is 2.54. The van der Waals surface area contributed by atoms with Gasteiger partial charge in [-0.1, -0.05) is 0 Å². The van der Waals surface area contributed by atoms with E-state index in [2.05, 4.69) is 5.32 Å². The fourth-order valence-corrected chi connectivity index (χ4v) is 2.31. The fourth-order valence-electron chi connectivity index (χ4n) is 2.31. The number of rotatable bonds is 6. The first-order valence-electron chi connectivity index (χ1n) is 6.84. The standard InChI is InChI=1S/C15H16FNO4/c16-11-8-12-9(5-6-14(19)17-12)7-10(11)13(18)3-1-2-4-15(20)21/h7-8H,1-6H2,(H,17,19)(H,20,21). The van der Waals surface area contributed by atoms with Crippen molar-refractivity contribution >= 4 is 23.3 Å². The van der Waals surface area contributed by atoms with E-state index >= 15 is 0 Å². The molecule has 0 saturated heterocycles. The molecule has 0 aliphatic carbocycles. The lowest BCUT2D eigenvalue weighted by molar-refractivity contribution is -0.137. The Morgan fingerprint density at radius 3 is 2.62 bits per heavy atom. The number of carboxylic acids is 1. The number of carbonyl (C=O) groups excluding carboxylic acids is 2. The minimum Gasteiger partial charge on any atom is -0.481 e. The van der Waals surface area contributed by atoms with Crippen LogP contribution in [0, 0.1) is 5.82 Å². The van der Waals surface area contributed by atoms with Gasteiger partial charge in [-0.2, -0.15) is 0 Å². The summed E-state index contributed by atoms with van der Waals surface area (Å²) in [6.45, 7) is 0. The molecule has 5 nitrogen and oxygen atoms in total. The van der Waals surface area contributed by atoms with E-state index in [-0.39, 0.29) is 30.1 Å². The summed E-state index contributed by atoms with van der Waals surface area (Å²) in [7, 11) is 0. The van der Waals surface area contributed by atoms with Gasteiger partial charge in [-0.25, -0.2) is 4.39 Å². The third-order valence-corrected chi connectivity index (χ3v) is 3.43. The SMILES string of the molecule is O=C(O)CCCCC(=O)c1cc2c(cc1F)NC(=O)CC2. The van der Waals surface area contributed by atoms with Crippen LogP contribution in [0.25, 0.3) is 0 Å². The highest BCUT2D eigenvalue weighted by molar-refractivity contribution is 5.99. The number of benzene rings is 1. The number of Topliss-reactive ketones (excluding diaryl/α,β-unsaturated/α-hetero) is 1. The van der Waals surface area contributed by atoms with E-state index in [9.17, 15) is 18.8 Å². The minimum absolute atomic E-state index is 0.00593. The lowest BCUT2D eigenvalue weighted by Crippen LogP contribution is -2.20. The molecular weight excluding hydrogens is 277 g/mol. The van der Waals surface area contributed by atoms with Crippen molar-refractivity contribution < 1.29 is 23.9 Å². The van der Waals surface area contributed by atoms with Gasteiger partial charge < -0.3 is 10.4 Å². The summed E-state index contributed by atoms with van der Waals surface area (Å²) in [5.74, 6) is -2.05. The Hall–Kier alpha value is -2.24. The Morgan fingerprint density at radius 2 is 1.90 bits per heavy atom. The van der Waals surface area contributed by atoms with Crippen LogP contribution >= 0.6 is 0 Å². The van der Waals surface area contributed by atoms with Crippen molar-refractivity contribution in [3.63, 3.8) is 0 Å². The second-order valence-corrected chi connectivity index (χ2v) is 5.06. The van der Waals surface area contributed by atoms with Gasteiger partial charge in [0, 0.05) is 24.9 Å². The molecule has 21 heavy (non-hydrogen) atoms. The third-order valence-electron chi connectivity index (χ3n) is 3.43. The highest BCUT2D eigenvalue weighted by atomic mass is 19.1. The highest BCUT2D eigenvalue weighted by Crippen LogP contribution is 2.26. The van der Waals surface area contributed by atoms with Crippen LogP contribution < -0.4 is 5.32 Å². The molecule has 0 aromatic heterocycles. The number of aryl methyl sites for hydroxylation is 1. The van der Waals surface area contributed by atoms with Gasteiger partial charge in [-0.15, -0.1) is 0 Å². The number of carboxylic acid groups (broad SMARTS) is 1. The normalized spacial score (nSPS) is 13.5. The molecule has 6 heteroatoms. The average molecular weight is 293 g/mol. The highest BCUT2D eigenvalue weighted by Gasteiger charge is 2.20. The second-order valence-electron chi connectivity index (χ2n) is 5.06. The zero-order valence-electron chi connectivity index (χ0n) is 11.4. The van der Waals surface area contributed by atoms with E-state index in [0.717, 1.165) is 5.56 Å². The summed E-state index contributed by atoms with van der Waals surface area (Å²) in [5.41, 5.74) is 1.19. The molecule has 1 aromatic carbocycles. The van der Waals surface area contributed by atoms with Crippen LogP contribution in [0.2, 0.25) is 0 Å². The molecule has 0 spiro atoms. The summed E-state index contributed by atoms with van der Waals surface area (Å²) in [4.78, 5) is 33.6. The lowest BCUT2D eigenvalue weighted by atomic mass is 9.96. The van der Waals surface area contributed by atoms with Crippen LogP contribution in [0.15, 0.2) is 12.1 Å². The van der Waals surface area contributed by atoms with E-state index in [0.29, 0.717) is 31.4 Å². The van der Waals surface area contributed by atoms with Crippen molar-refractivity contribution in [2.75, 3.05) is 5.32 Å². The maximum absolute atomic E-state index is 13.9. The lowest BCUT2D eigenvalue weighted by Gasteiger charge is -2.18. The van der Waals surface area contributed by atoms with Gasteiger partial charge in [0.25, 0.3) is 0 Å². The first-order valence-corrected chi connectivity index (χ1v) is 6.84. The van der Waals surface area contributed by atoms with Gasteiger partial charge in [0.15, 0.2) is 5.78 Å². The molecule has 2 rings (SSSR count). The molecule has 1 aliphatic heterocycles. The Bertz CT molecular complexity index is 598. The third kappa shape index (κ3) is 3.87. The van der Waals surface area contributed by atoms with Crippen LogP contribution in [0.3, 0.4) is 0 Å². The van der Waals surface area contributed by atoms with Crippen molar-refractivity contribution in [3.05, 3.63) is 29.1 Å². The molecule has 0 bridgehead atoms. The summed E-state index contributed by atoms with van der Waals surface area (Å²) in [5, 5.41) is 11.1. The number of aliphatic carboxylic acids is 1. The largest absolute Gasteiger partial charge is 0.481 e. The predicted molar refractivity (Wildman–Crippen MR) is 73.8 cm³/mol. The number of ketones is 1. The molecule has 112 valence electrons. The van der Waals surface area contributed by atoms with E-state index < -0.39 is 11.8 Å². The van der Waals surface area contributed by atoms with Crippen LogP contribution in [0.5, 0.6) is 0 Å². The Morgan fingerprint density at radius 1 is 1.19 bits per heavy atom. The number of unbranched alkanes of at least 4 members (excludes halogenated alkanes) is 1. The molecule has 0 unspecified atom stereocenters. The maximum atomic E-state index is 13.9. The summed E-state index contributed by atoms with van der Waals surface area (Å²) in [6, 6.07) is 2.67. The van der Waals surface area contributed by atoms with Crippen molar-refractivity contribution in [1.29, 1.82) is 0 Å². The van der Waals surface area contributed by atoms with Crippen molar-refractivity contribution in [3.8, 4) is 0 Å². The summed E-state index contributed by atoms with van der Waals surface area (Å²) < 4.78 is 13.9. The smallest absolute Gasteiger partial charge is 0.303 e. The molecular formula is C15H16FNO4. The molecule has 0 atom stereocenters. The number of hydrogen-bond acceptors (Lipinski definition) is 3. The van der Waals surface area contributed by atoms with Crippen LogP contribution in [-0.4, -0.2) is 22.8 Å². The Kier molecular flexibility index (Phi) is 4.67. The molecule has 0 fully saturated rings. The van der Waals surface area contributed by atoms with Crippen molar-refractivity contribution in [2.45, 2.75) is 38.5 Å². The second kappa shape index (κ2) is 6.47. The zero-order valence-corrected chi connectivity index (χ0v) is 11.4. The van der Waals surface area contributed by atoms with E-state index in [4.69, 9.17) is 5.11 Å². The van der Waals surface area contributed by atoms with E-state index in [1.165, 1.54) is 12.1 Å². The van der Waals surface area contributed by atoms with E-state index in [1.807, 2.05) is 0 Å². The number of hydrogen-bond donors (Lipinski definition) is 2. The summed E-state index contributed by atoms with van der Waals surface area (Å²) >= 11 is 0. The molecule has 2 N–H and O–H groups in total. The Labute approximate surface area is 121 Å². The number of carbonyl (C=O) groups is 3. The maximum Gasteiger partial charge on any atom is 0.303 e. The molecule has 0 saturated carbocycles. The van der Waals surface area contributed by atoms with Gasteiger partial charge in [0.05, 0.1) is 5.56 Å². The molecule has 0 radical (unpaired) electrons. The topological polar surface area (TPSA) is 83.5 Å². The van der Waals surface area contributed by atoms with Gasteiger partial charge in [0.2, 0.25) is 5.91 Å². The first-order chi connectivity index (χ1) is 9.97. The minimum atomic E-state index is -0.904. The molecule has 1 amide bonds. The number of fused-ring (bicyclic) bond motifs is 1. The van der Waals surface area contributed by atoms with Gasteiger partial charge in [0.1, 0.15) is 5.82 Å². The van der Waals surface area contributed by atoms with Gasteiger partial charge in [-0.3, -0.25) is 14.4 Å². The number of amides is 1. The quantitative estimate of drug-likeness (QED) is 0.623. The van der Waals surface area contributed by atoms with Gasteiger partial charge in [-0.05, 0) is 37.0 Å². The number of halogens is 1. The molecule has 1 aromatic rings. The van der Waals surface area contributed by atoms with Crippen LogP contribution in [0.1, 0.15) is 48.0 Å². The van der Waals surface area contributed by atoms with Crippen LogP contribution in [-0.2, 0) is 16.0 Å². The average Bonchev–Trinajstić information content (AvgIpc) is 2.42. The summed E-state index contributed by atoms with van der Waals surface area (Å²) in [6.07, 6.45) is 1.75. The van der Waals surface area contributed by atoms with E-state index in [1.54, 1.807) is 0 Å². The first kappa shape index (κ1) is 15.2. The monoisotopic (exact) mass is 293 g/mol. The number of anilines is 1. The van der Waals surface area contributed by atoms with Crippen molar-refractivity contribution in [2.24, 2.45) is 0 Å². The fraction of sp³-hybridized carbons (Fsp3) is 0.400. The zero-order chi connectivity index (χ0) is 15.4. The molecule has 1 aliphatic rings. The molecule has 1 heterocycles. The Balaban J connectivity index is 2.04. The van der Waals surface area contributed by atoms with Crippen molar-refractivity contribution in [1.82, 2.24) is 0 Å². The van der Waals surface area contributed by atoms with Crippen LogP contribution in [0.4, 0.5) is 10.1 Å². The number of nitrogens with one attached hydrogen (secondary N) is 1.